The third-order valence-corrected chi connectivity index (χ3v) is 4.25. The monoisotopic (exact) mass is 245 g/mol. The van der Waals surface area contributed by atoms with Crippen LogP contribution in [0.2, 0.25) is 0 Å². The molecule has 0 saturated carbocycles. The van der Waals surface area contributed by atoms with E-state index < -0.39 is 0 Å². The Bertz CT molecular complexity index is 359. The van der Waals surface area contributed by atoms with Gasteiger partial charge in [0.05, 0.1) is 10.4 Å². The molecule has 0 saturated heterocycles. The van der Waals surface area contributed by atoms with Gasteiger partial charge in [0.25, 0.3) is 5.91 Å². The van der Waals surface area contributed by atoms with Crippen LogP contribution in [0.1, 0.15) is 29.1 Å². The van der Waals surface area contributed by atoms with Gasteiger partial charge in [0.1, 0.15) is 0 Å². The Morgan fingerprint density at radius 1 is 1.60 bits per heavy atom. The Kier molecular flexibility index (Phi) is 3.79. The van der Waals surface area contributed by atoms with Crippen molar-refractivity contribution in [2.24, 2.45) is 0 Å². The van der Waals surface area contributed by atoms with Crippen molar-refractivity contribution in [1.29, 1.82) is 0 Å². The molecule has 0 spiro atoms. The molecule has 0 aliphatic carbocycles. The fraction of sp³-hybridized carbons (Fsp3) is 0.545. The maximum absolute atomic E-state index is 12.1. The van der Waals surface area contributed by atoms with Gasteiger partial charge in [-0.1, -0.05) is 0 Å². The largest absolute Gasteiger partial charge is 0.335 e. The molecule has 1 aromatic rings. The minimum absolute atomic E-state index is 0.0492. The molecular weight excluding hydrogens is 230 g/mol. The van der Waals surface area contributed by atoms with Crippen LogP contribution in [-0.4, -0.2) is 29.3 Å². The lowest BCUT2D eigenvalue weighted by Crippen LogP contribution is -2.46. The lowest BCUT2D eigenvalue weighted by molar-refractivity contribution is 0.0664. The van der Waals surface area contributed by atoms with Crippen LogP contribution >= 0.6 is 22.9 Å². The van der Waals surface area contributed by atoms with Crippen LogP contribution in [0.25, 0.3) is 0 Å². The van der Waals surface area contributed by atoms with E-state index in [1.54, 1.807) is 11.9 Å². The molecule has 1 heterocycles. The van der Waals surface area contributed by atoms with E-state index in [9.17, 15) is 4.79 Å². The van der Waals surface area contributed by atoms with Crippen molar-refractivity contribution in [3.63, 3.8) is 0 Å². The van der Waals surface area contributed by atoms with Gasteiger partial charge in [0.15, 0.2) is 0 Å². The predicted octanol–water partition coefficient (Wildman–Crippen LogP) is 3.15. The Hall–Kier alpha value is -0.540. The summed E-state index contributed by atoms with van der Waals surface area (Å²) in [6.07, 6.45) is 0. The minimum Gasteiger partial charge on any atom is -0.335 e. The zero-order valence-corrected chi connectivity index (χ0v) is 11.1. The average Bonchev–Trinajstić information content (AvgIpc) is 2.62. The summed E-state index contributed by atoms with van der Waals surface area (Å²) in [5.41, 5.74) is 0.719. The summed E-state index contributed by atoms with van der Waals surface area (Å²) in [6, 6.07) is 1.96. The summed E-state index contributed by atoms with van der Waals surface area (Å²) in [7, 11) is 1.80. The Labute approximate surface area is 99.9 Å². The SMILES string of the molecule is Cc1ccsc1C(=O)N(C)C(C)(C)CCl. The van der Waals surface area contributed by atoms with Crippen molar-refractivity contribution in [2.45, 2.75) is 26.3 Å². The molecule has 1 aromatic heterocycles. The first-order valence-electron chi connectivity index (χ1n) is 4.78. The second kappa shape index (κ2) is 4.54. The van der Waals surface area contributed by atoms with Gasteiger partial charge in [-0.15, -0.1) is 22.9 Å². The quantitative estimate of drug-likeness (QED) is 0.750. The van der Waals surface area contributed by atoms with Crippen LogP contribution in [0.15, 0.2) is 11.4 Å². The van der Waals surface area contributed by atoms with Crippen molar-refractivity contribution in [2.75, 3.05) is 12.9 Å². The lowest BCUT2D eigenvalue weighted by atomic mass is 10.1. The third kappa shape index (κ3) is 2.52. The number of halogens is 1. The second-order valence-electron chi connectivity index (χ2n) is 4.24. The highest BCUT2D eigenvalue weighted by atomic mass is 35.5. The smallest absolute Gasteiger partial charge is 0.264 e. The summed E-state index contributed by atoms with van der Waals surface area (Å²) in [5.74, 6) is 0.479. The predicted molar refractivity (Wildman–Crippen MR) is 65.9 cm³/mol. The number of carbonyl (C=O) groups is 1. The van der Waals surface area contributed by atoms with E-state index in [2.05, 4.69) is 0 Å². The average molecular weight is 246 g/mol. The van der Waals surface area contributed by atoms with Crippen LogP contribution in [0, 0.1) is 6.92 Å². The number of carbonyl (C=O) groups excluding carboxylic acids is 1. The van der Waals surface area contributed by atoms with Gasteiger partial charge in [-0.05, 0) is 37.8 Å². The molecule has 0 aromatic carbocycles. The Morgan fingerprint density at radius 2 is 2.20 bits per heavy atom. The van der Waals surface area contributed by atoms with Gasteiger partial charge in [-0.3, -0.25) is 4.79 Å². The van der Waals surface area contributed by atoms with Crippen LogP contribution < -0.4 is 0 Å². The number of nitrogens with zero attached hydrogens (tertiary/aromatic N) is 1. The highest BCUT2D eigenvalue weighted by molar-refractivity contribution is 7.12. The maximum atomic E-state index is 12.1. The molecule has 0 aliphatic heterocycles. The lowest BCUT2D eigenvalue weighted by Gasteiger charge is -2.33. The van der Waals surface area contributed by atoms with E-state index in [4.69, 9.17) is 11.6 Å². The molecular formula is C11H16ClNOS. The number of hydrogen-bond donors (Lipinski definition) is 0. The zero-order chi connectivity index (χ0) is 11.6. The number of hydrogen-bond acceptors (Lipinski definition) is 2. The fourth-order valence-corrected chi connectivity index (χ4v) is 2.19. The Morgan fingerprint density at radius 3 is 2.60 bits per heavy atom. The summed E-state index contributed by atoms with van der Waals surface area (Å²) in [6.45, 7) is 5.87. The van der Waals surface area contributed by atoms with E-state index in [1.165, 1.54) is 11.3 Å². The highest BCUT2D eigenvalue weighted by Crippen LogP contribution is 2.22. The van der Waals surface area contributed by atoms with Gasteiger partial charge < -0.3 is 4.90 Å². The van der Waals surface area contributed by atoms with Crippen LogP contribution in [0.3, 0.4) is 0 Å². The van der Waals surface area contributed by atoms with Crippen molar-refractivity contribution in [3.8, 4) is 0 Å². The molecule has 15 heavy (non-hydrogen) atoms. The molecule has 1 amide bonds. The summed E-state index contributed by atoms with van der Waals surface area (Å²) in [4.78, 5) is 14.6. The fourth-order valence-electron chi connectivity index (χ4n) is 1.11. The maximum Gasteiger partial charge on any atom is 0.264 e. The first-order valence-corrected chi connectivity index (χ1v) is 6.20. The van der Waals surface area contributed by atoms with E-state index in [-0.39, 0.29) is 11.4 Å². The van der Waals surface area contributed by atoms with Crippen molar-refractivity contribution in [3.05, 3.63) is 21.9 Å². The van der Waals surface area contributed by atoms with Crippen molar-refractivity contribution >= 4 is 28.8 Å². The van der Waals surface area contributed by atoms with E-state index in [0.717, 1.165) is 10.4 Å². The summed E-state index contributed by atoms with van der Waals surface area (Å²) in [5, 5.41) is 1.93. The standard InChI is InChI=1S/C11H16ClNOS/c1-8-5-6-15-9(8)10(14)13(4)11(2,3)7-12/h5-6H,7H2,1-4H3. The number of alkyl halides is 1. The molecule has 1 rings (SSSR count). The Balaban J connectivity index is 2.92. The number of aryl methyl sites for hydroxylation is 1. The van der Waals surface area contributed by atoms with E-state index in [0.29, 0.717) is 5.88 Å². The number of amides is 1. The molecule has 0 radical (unpaired) electrons. The van der Waals surface area contributed by atoms with E-state index in [1.807, 2.05) is 32.2 Å². The summed E-state index contributed by atoms with van der Waals surface area (Å²) < 4.78 is 0. The summed E-state index contributed by atoms with van der Waals surface area (Å²) >= 11 is 7.32. The molecule has 0 fully saturated rings. The first-order chi connectivity index (χ1) is 6.90. The topological polar surface area (TPSA) is 20.3 Å². The second-order valence-corrected chi connectivity index (χ2v) is 5.43. The van der Waals surface area contributed by atoms with Gasteiger partial charge in [0, 0.05) is 12.9 Å². The molecule has 0 aliphatic rings. The molecule has 0 atom stereocenters. The van der Waals surface area contributed by atoms with Gasteiger partial charge in [-0.25, -0.2) is 0 Å². The van der Waals surface area contributed by atoms with Gasteiger partial charge >= 0.3 is 0 Å². The van der Waals surface area contributed by atoms with Gasteiger partial charge in [0.2, 0.25) is 0 Å². The molecule has 0 unspecified atom stereocenters. The van der Waals surface area contributed by atoms with E-state index >= 15 is 0 Å². The van der Waals surface area contributed by atoms with Crippen LogP contribution in [0.4, 0.5) is 0 Å². The minimum atomic E-state index is -0.310. The van der Waals surface area contributed by atoms with Crippen molar-refractivity contribution < 1.29 is 4.79 Å². The van der Waals surface area contributed by atoms with Gasteiger partial charge in [-0.2, -0.15) is 0 Å². The normalized spacial score (nSPS) is 11.5. The molecule has 84 valence electrons. The van der Waals surface area contributed by atoms with Crippen LogP contribution in [0.5, 0.6) is 0 Å². The first kappa shape index (κ1) is 12.5. The number of rotatable bonds is 3. The third-order valence-electron chi connectivity index (χ3n) is 2.60. The molecule has 2 nitrogen and oxygen atoms in total. The molecule has 0 N–H and O–H groups in total. The van der Waals surface area contributed by atoms with Crippen LogP contribution in [-0.2, 0) is 0 Å². The molecule has 4 heteroatoms. The highest BCUT2D eigenvalue weighted by Gasteiger charge is 2.28. The zero-order valence-electron chi connectivity index (χ0n) is 9.50. The number of thiophene rings is 1. The van der Waals surface area contributed by atoms with Crippen molar-refractivity contribution in [1.82, 2.24) is 4.90 Å². The molecule has 0 bridgehead atoms.